The van der Waals surface area contributed by atoms with Gasteiger partial charge in [0.15, 0.2) is 0 Å². The Kier molecular flexibility index (Phi) is 3.48. The molecule has 1 aliphatic rings. The highest BCUT2D eigenvalue weighted by Crippen LogP contribution is 2.30. The maximum absolute atomic E-state index is 13.3. The van der Waals surface area contributed by atoms with Gasteiger partial charge in [-0.1, -0.05) is 11.4 Å². The Bertz CT molecular complexity index is 656. The van der Waals surface area contributed by atoms with Crippen molar-refractivity contribution in [2.24, 2.45) is 0 Å². The van der Waals surface area contributed by atoms with Crippen LogP contribution in [0.15, 0.2) is 18.2 Å². The standard InChI is InChI=1S/C14H14FN3OS/c1-2-11-13(20-17-16-11)14(19)18-7-3-4-9-8-10(15)5-6-12(9)18/h5-6,8H,2-4,7H2,1H3. The molecule has 0 saturated carbocycles. The van der Waals surface area contributed by atoms with Gasteiger partial charge >= 0.3 is 0 Å². The van der Waals surface area contributed by atoms with Crippen molar-refractivity contribution in [1.82, 2.24) is 9.59 Å². The molecule has 0 bridgehead atoms. The van der Waals surface area contributed by atoms with Crippen molar-refractivity contribution in [3.63, 3.8) is 0 Å². The number of amides is 1. The zero-order valence-electron chi connectivity index (χ0n) is 11.1. The fourth-order valence-corrected chi connectivity index (χ4v) is 3.20. The summed E-state index contributed by atoms with van der Waals surface area (Å²) in [6, 6.07) is 4.60. The molecular weight excluding hydrogens is 277 g/mol. The third kappa shape index (κ3) is 2.20. The number of aromatic nitrogens is 2. The molecular formula is C14H14FN3OS. The molecule has 2 aromatic rings. The van der Waals surface area contributed by atoms with Crippen LogP contribution in [0.1, 0.15) is 34.3 Å². The predicted octanol–water partition coefficient (Wildman–Crippen LogP) is 2.83. The van der Waals surface area contributed by atoms with Gasteiger partial charge in [0.2, 0.25) is 0 Å². The highest BCUT2D eigenvalue weighted by molar-refractivity contribution is 7.08. The number of hydrogen-bond donors (Lipinski definition) is 0. The number of aryl methyl sites for hydroxylation is 2. The smallest absolute Gasteiger partial charge is 0.271 e. The predicted molar refractivity (Wildman–Crippen MR) is 75.7 cm³/mol. The zero-order chi connectivity index (χ0) is 14.1. The number of rotatable bonds is 2. The summed E-state index contributed by atoms with van der Waals surface area (Å²) in [6.07, 6.45) is 2.33. The highest BCUT2D eigenvalue weighted by atomic mass is 32.1. The van der Waals surface area contributed by atoms with Gasteiger partial charge in [0.1, 0.15) is 10.7 Å². The summed E-state index contributed by atoms with van der Waals surface area (Å²) in [7, 11) is 0. The second kappa shape index (κ2) is 5.28. The number of halogens is 1. The van der Waals surface area contributed by atoms with E-state index in [4.69, 9.17) is 0 Å². The molecule has 6 heteroatoms. The molecule has 1 aromatic carbocycles. The summed E-state index contributed by atoms with van der Waals surface area (Å²) in [5.41, 5.74) is 2.42. The molecule has 1 amide bonds. The molecule has 1 aliphatic heterocycles. The SMILES string of the molecule is CCc1nnsc1C(=O)N1CCCc2cc(F)ccc21. The van der Waals surface area contributed by atoms with E-state index in [1.807, 2.05) is 6.92 Å². The van der Waals surface area contributed by atoms with Crippen LogP contribution >= 0.6 is 11.5 Å². The van der Waals surface area contributed by atoms with E-state index in [0.29, 0.717) is 17.8 Å². The lowest BCUT2D eigenvalue weighted by molar-refractivity contribution is 0.0988. The van der Waals surface area contributed by atoms with Crippen molar-refractivity contribution < 1.29 is 9.18 Å². The summed E-state index contributed by atoms with van der Waals surface area (Å²) >= 11 is 1.13. The van der Waals surface area contributed by atoms with E-state index in [9.17, 15) is 9.18 Å². The van der Waals surface area contributed by atoms with Crippen LogP contribution in [0.5, 0.6) is 0 Å². The van der Waals surface area contributed by atoms with E-state index >= 15 is 0 Å². The van der Waals surface area contributed by atoms with Gasteiger partial charge in [0.25, 0.3) is 5.91 Å². The van der Waals surface area contributed by atoms with Crippen LogP contribution < -0.4 is 4.90 Å². The molecule has 104 valence electrons. The van der Waals surface area contributed by atoms with Crippen LogP contribution in [0.25, 0.3) is 0 Å². The van der Waals surface area contributed by atoms with Crippen molar-refractivity contribution in [3.05, 3.63) is 40.2 Å². The topological polar surface area (TPSA) is 46.1 Å². The number of hydrogen-bond acceptors (Lipinski definition) is 4. The Morgan fingerprint density at radius 3 is 3.15 bits per heavy atom. The van der Waals surface area contributed by atoms with Gasteiger partial charge in [-0.2, -0.15) is 0 Å². The first-order valence-corrected chi connectivity index (χ1v) is 7.39. The van der Waals surface area contributed by atoms with Crippen LogP contribution in [-0.4, -0.2) is 22.0 Å². The molecule has 2 heterocycles. The Hall–Kier alpha value is -1.82. The van der Waals surface area contributed by atoms with E-state index < -0.39 is 0 Å². The normalized spacial score (nSPS) is 14.2. The third-order valence-electron chi connectivity index (χ3n) is 3.49. The van der Waals surface area contributed by atoms with Gasteiger partial charge in [-0.3, -0.25) is 4.79 Å². The minimum Gasteiger partial charge on any atom is -0.307 e. The average molecular weight is 291 g/mol. The minimum atomic E-state index is -0.258. The molecule has 0 N–H and O–H groups in total. The monoisotopic (exact) mass is 291 g/mol. The molecule has 1 aromatic heterocycles. The van der Waals surface area contributed by atoms with E-state index in [1.165, 1.54) is 12.1 Å². The Labute approximate surface area is 120 Å². The molecule has 0 aliphatic carbocycles. The molecule has 0 radical (unpaired) electrons. The van der Waals surface area contributed by atoms with Crippen molar-refractivity contribution in [3.8, 4) is 0 Å². The lowest BCUT2D eigenvalue weighted by atomic mass is 10.0. The summed E-state index contributed by atoms with van der Waals surface area (Å²) in [5, 5.41) is 3.98. The molecule has 0 saturated heterocycles. The van der Waals surface area contributed by atoms with Gasteiger partial charge < -0.3 is 4.90 Å². The highest BCUT2D eigenvalue weighted by Gasteiger charge is 2.27. The fraction of sp³-hybridized carbons (Fsp3) is 0.357. The Balaban J connectivity index is 1.98. The van der Waals surface area contributed by atoms with Crippen molar-refractivity contribution in [2.75, 3.05) is 11.4 Å². The molecule has 20 heavy (non-hydrogen) atoms. The summed E-state index contributed by atoms with van der Waals surface area (Å²) in [4.78, 5) is 15.0. The van der Waals surface area contributed by atoms with E-state index in [1.54, 1.807) is 11.0 Å². The number of fused-ring (bicyclic) bond motifs is 1. The number of carbonyl (C=O) groups is 1. The summed E-state index contributed by atoms with van der Waals surface area (Å²) in [5.74, 6) is -0.337. The van der Waals surface area contributed by atoms with Crippen LogP contribution in [0.2, 0.25) is 0 Å². The van der Waals surface area contributed by atoms with E-state index in [0.717, 1.165) is 41.3 Å². The van der Waals surface area contributed by atoms with Crippen LogP contribution in [0.4, 0.5) is 10.1 Å². The van der Waals surface area contributed by atoms with Gasteiger partial charge in [0.05, 0.1) is 5.69 Å². The van der Waals surface area contributed by atoms with E-state index in [-0.39, 0.29) is 11.7 Å². The zero-order valence-corrected chi connectivity index (χ0v) is 11.9. The van der Waals surface area contributed by atoms with Crippen LogP contribution in [0.3, 0.4) is 0 Å². The van der Waals surface area contributed by atoms with Crippen molar-refractivity contribution in [1.29, 1.82) is 0 Å². The number of benzene rings is 1. The second-order valence-corrected chi connectivity index (χ2v) is 5.49. The van der Waals surface area contributed by atoms with Crippen molar-refractivity contribution >= 4 is 23.1 Å². The number of nitrogens with zero attached hydrogens (tertiary/aromatic N) is 3. The quantitative estimate of drug-likeness (QED) is 0.854. The molecule has 0 spiro atoms. The molecule has 0 atom stereocenters. The van der Waals surface area contributed by atoms with Gasteiger partial charge in [-0.15, -0.1) is 5.10 Å². The Morgan fingerprint density at radius 2 is 2.35 bits per heavy atom. The van der Waals surface area contributed by atoms with E-state index in [2.05, 4.69) is 9.59 Å². The first-order chi connectivity index (χ1) is 9.70. The summed E-state index contributed by atoms with van der Waals surface area (Å²) < 4.78 is 17.2. The molecule has 0 fully saturated rings. The Morgan fingerprint density at radius 1 is 1.50 bits per heavy atom. The molecule has 4 nitrogen and oxygen atoms in total. The maximum atomic E-state index is 13.3. The average Bonchev–Trinajstić information content (AvgIpc) is 2.94. The van der Waals surface area contributed by atoms with Gasteiger partial charge in [-0.25, -0.2) is 4.39 Å². The lowest BCUT2D eigenvalue weighted by Gasteiger charge is -2.29. The van der Waals surface area contributed by atoms with Crippen LogP contribution in [0, 0.1) is 5.82 Å². The summed E-state index contributed by atoms with van der Waals surface area (Å²) in [6.45, 7) is 2.60. The second-order valence-electron chi connectivity index (χ2n) is 4.74. The van der Waals surface area contributed by atoms with Crippen molar-refractivity contribution in [2.45, 2.75) is 26.2 Å². The molecule has 3 rings (SSSR count). The molecule has 0 unspecified atom stereocenters. The first kappa shape index (κ1) is 13.2. The first-order valence-electron chi connectivity index (χ1n) is 6.62. The fourth-order valence-electron chi connectivity index (χ4n) is 2.50. The largest absolute Gasteiger partial charge is 0.307 e. The number of carbonyl (C=O) groups excluding carboxylic acids is 1. The number of anilines is 1. The van der Waals surface area contributed by atoms with Gasteiger partial charge in [-0.05, 0) is 54.6 Å². The van der Waals surface area contributed by atoms with Gasteiger partial charge in [0, 0.05) is 12.2 Å². The maximum Gasteiger partial charge on any atom is 0.271 e. The van der Waals surface area contributed by atoms with Crippen LogP contribution in [-0.2, 0) is 12.8 Å². The lowest BCUT2D eigenvalue weighted by Crippen LogP contribution is -2.35. The third-order valence-corrected chi connectivity index (χ3v) is 4.25. The minimum absolute atomic E-state index is 0.0793.